The summed E-state index contributed by atoms with van der Waals surface area (Å²) in [7, 11) is 0. The number of thiazole rings is 1. The molecule has 0 radical (unpaired) electrons. The van der Waals surface area contributed by atoms with Gasteiger partial charge in [0.1, 0.15) is 5.75 Å². The number of halogens is 2. The largest absolute Gasteiger partial charge is 0.494 e. The molecule has 31 heavy (non-hydrogen) atoms. The van der Waals surface area contributed by atoms with Crippen molar-refractivity contribution < 1.29 is 14.3 Å². The van der Waals surface area contributed by atoms with Crippen LogP contribution in [0.5, 0.6) is 5.75 Å². The lowest BCUT2D eigenvalue weighted by Crippen LogP contribution is -2.20. The average Bonchev–Trinajstić information content (AvgIpc) is 3.12. The van der Waals surface area contributed by atoms with Crippen LogP contribution in [0.4, 0.5) is 0 Å². The molecule has 0 saturated carbocycles. The van der Waals surface area contributed by atoms with E-state index in [1.165, 1.54) is 11.3 Å². The van der Waals surface area contributed by atoms with E-state index < -0.39 is 0 Å². The first-order valence-corrected chi connectivity index (χ1v) is 12.0. The second kappa shape index (κ2) is 11.7. The van der Waals surface area contributed by atoms with E-state index in [-0.39, 0.29) is 5.91 Å². The Morgan fingerprint density at radius 2 is 1.84 bits per heavy atom. The van der Waals surface area contributed by atoms with Crippen LogP contribution in [0.2, 0.25) is 10.0 Å². The van der Waals surface area contributed by atoms with E-state index in [9.17, 15) is 4.79 Å². The zero-order valence-corrected chi connectivity index (χ0v) is 20.0. The molecule has 3 aromatic rings. The molecule has 0 unspecified atom stereocenters. The Bertz CT molecular complexity index is 1090. The number of hydrogen-bond donors (Lipinski definition) is 0. The van der Waals surface area contributed by atoms with Crippen LogP contribution in [0.1, 0.15) is 43.5 Å². The summed E-state index contributed by atoms with van der Waals surface area (Å²) in [6.07, 6.45) is 3.31. The Morgan fingerprint density at radius 1 is 1.06 bits per heavy atom. The molecular formula is C23H26Cl2N2O3S. The monoisotopic (exact) mass is 480 g/mol. The third-order valence-electron chi connectivity index (χ3n) is 4.71. The van der Waals surface area contributed by atoms with Crippen molar-refractivity contribution in [2.75, 3.05) is 19.8 Å². The van der Waals surface area contributed by atoms with Crippen LogP contribution in [0, 0.1) is 0 Å². The van der Waals surface area contributed by atoms with Gasteiger partial charge in [0.25, 0.3) is 5.91 Å². The number of ether oxygens (including phenoxy) is 2. The lowest BCUT2D eigenvalue weighted by Gasteiger charge is -2.07. The molecule has 0 bridgehead atoms. The SMILES string of the molecule is CCCCCOc1ccc(C(=O)N=c2sc3ccc(Cl)c(Cl)c3n2CCOCC)cc1. The minimum atomic E-state index is -0.323. The number of hydrogen-bond acceptors (Lipinski definition) is 4. The van der Waals surface area contributed by atoms with Gasteiger partial charge in [-0.05, 0) is 49.7 Å². The molecule has 1 heterocycles. The van der Waals surface area contributed by atoms with Crippen molar-refractivity contribution in [3.8, 4) is 5.75 Å². The highest BCUT2D eigenvalue weighted by Crippen LogP contribution is 2.32. The number of carbonyl (C=O) groups is 1. The van der Waals surface area contributed by atoms with Gasteiger partial charge in [0, 0.05) is 18.7 Å². The van der Waals surface area contributed by atoms with Crippen LogP contribution in [0.25, 0.3) is 10.2 Å². The van der Waals surface area contributed by atoms with Crippen LogP contribution in [0.15, 0.2) is 41.4 Å². The highest BCUT2D eigenvalue weighted by atomic mass is 35.5. The van der Waals surface area contributed by atoms with E-state index in [1.54, 1.807) is 30.3 Å². The van der Waals surface area contributed by atoms with Gasteiger partial charge in [-0.1, -0.05) is 54.3 Å². The smallest absolute Gasteiger partial charge is 0.279 e. The molecule has 3 rings (SSSR count). The summed E-state index contributed by atoms with van der Waals surface area (Å²) >= 11 is 14.1. The molecule has 1 amide bonds. The number of fused-ring (bicyclic) bond motifs is 1. The molecule has 0 saturated heterocycles. The summed E-state index contributed by atoms with van der Waals surface area (Å²) in [5.74, 6) is 0.430. The molecule has 0 aliphatic carbocycles. The summed E-state index contributed by atoms with van der Waals surface area (Å²) in [4.78, 5) is 17.8. The van der Waals surface area contributed by atoms with E-state index in [2.05, 4.69) is 11.9 Å². The topological polar surface area (TPSA) is 52.8 Å². The maximum Gasteiger partial charge on any atom is 0.279 e. The number of benzene rings is 2. The van der Waals surface area contributed by atoms with Gasteiger partial charge in [-0.3, -0.25) is 4.79 Å². The molecular weight excluding hydrogens is 455 g/mol. The highest BCUT2D eigenvalue weighted by molar-refractivity contribution is 7.16. The van der Waals surface area contributed by atoms with E-state index >= 15 is 0 Å². The molecule has 8 heteroatoms. The van der Waals surface area contributed by atoms with Crippen molar-refractivity contribution in [1.82, 2.24) is 4.57 Å². The van der Waals surface area contributed by atoms with Crippen LogP contribution < -0.4 is 9.54 Å². The predicted molar refractivity (Wildman–Crippen MR) is 128 cm³/mol. The minimum absolute atomic E-state index is 0.323. The van der Waals surface area contributed by atoms with Gasteiger partial charge >= 0.3 is 0 Å². The van der Waals surface area contributed by atoms with E-state index in [0.29, 0.717) is 46.8 Å². The molecule has 1 aromatic heterocycles. The maximum absolute atomic E-state index is 12.8. The second-order valence-electron chi connectivity index (χ2n) is 6.94. The summed E-state index contributed by atoms with van der Waals surface area (Å²) in [5, 5.41) is 0.912. The summed E-state index contributed by atoms with van der Waals surface area (Å²) in [6, 6.07) is 10.7. The Hall–Kier alpha value is -1.86. The lowest BCUT2D eigenvalue weighted by molar-refractivity contribution is 0.0996. The van der Waals surface area contributed by atoms with Crippen LogP contribution in [0.3, 0.4) is 0 Å². The fourth-order valence-corrected chi connectivity index (χ4v) is 4.62. The summed E-state index contributed by atoms with van der Waals surface area (Å²) in [5.41, 5.74) is 1.26. The first-order chi connectivity index (χ1) is 15.0. The Kier molecular flexibility index (Phi) is 8.96. The molecule has 0 spiro atoms. The number of nitrogens with zero attached hydrogens (tertiary/aromatic N) is 2. The maximum atomic E-state index is 12.8. The van der Waals surface area contributed by atoms with Gasteiger partial charge in [-0.25, -0.2) is 0 Å². The average molecular weight is 481 g/mol. The molecule has 5 nitrogen and oxygen atoms in total. The first kappa shape index (κ1) is 23.8. The Labute approximate surface area is 196 Å². The zero-order valence-electron chi connectivity index (χ0n) is 17.7. The van der Waals surface area contributed by atoms with Crippen LogP contribution >= 0.6 is 34.5 Å². The van der Waals surface area contributed by atoms with Crippen LogP contribution in [-0.4, -0.2) is 30.3 Å². The second-order valence-corrected chi connectivity index (χ2v) is 8.73. The molecule has 0 N–H and O–H groups in total. The summed E-state index contributed by atoms with van der Waals surface area (Å²) in [6.45, 7) is 6.38. The highest BCUT2D eigenvalue weighted by Gasteiger charge is 2.14. The van der Waals surface area contributed by atoms with E-state index in [1.807, 2.05) is 17.6 Å². The molecule has 0 atom stereocenters. The Balaban J connectivity index is 1.87. The number of unbranched alkanes of at least 4 members (excludes halogenated alkanes) is 2. The van der Waals surface area contributed by atoms with Crippen molar-refractivity contribution >= 4 is 50.7 Å². The van der Waals surface area contributed by atoms with Gasteiger partial charge in [-0.15, -0.1) is 0 Å². The van der Waals surface area contributed by atoms with Gasteiger partial charge in [0.2, 0.25) is 0 Å². The van der Waals surface area contributed by atoms with Crippen molar-refractivity contribution in [3.05, 3.63) is 56.8 Å². The molecule has 0 aliphatic rings. The number of aromatic nitrogens is 1. The number of amides is 1. The van der Waals surface area contributed by atoms with E-state index in [0.717, 1.165) is 35.2 Å². The molecule has 0 fully saturated rings. The zero-order chi connectivity index (χ0) is 22.2. The molecule has 166 valence electrons. The van der Waals surface area contributed by atoms with Gasteiger partial charge < -0.3 is 14.0 Å². The fourth-order valence-electron chi connectivity index (χ4n) is 3.08. The predicted octanol–water partition coefficient (Wildman–Crippen LogP) is 6.36. The number of carbonyl (C=O) groups excluding carboxylic acids is 1. The molecule has 0 aliphatic heterocycles. The lowest BCUT2D eigenvalue weighted by atomic mass is 10.2. The van der Waals surface area contributed by atoms with Crippen molar-refractivity contribution in [2.45, 2.75) is 39.7 Å². The third kappa shape index (κ3) is 6.10. The van der Waals surface area contributed by atoms with E-state index in [4.69, 9.17) is 32.7 Å². The Morgan fingerprint density at radius 3 is 2.55 bits per heavy atom. The van der Waals surface area contributed by atoms with Gasteiger partial charge in [-0.2, -0.15) is 4.99 Å². The number of rotatable bonds is 10. The quantitative estimate of drug-likeness (QED) is 0.317. The van der Waals surface area contributed by atoms with Gasteiger partial charge in [0.15, 0.2) is 4.80 Å². The van der Waals surface area contributed by atoms with Crippen molar-refractivity contribution in [1.29, 1.82) is 0 Å². The standard InChI is InChI=1S/C23H26Cl2N2O3S/c1-3-5-6-14-30-17-9-7-16(8-10-17)22(28)26-23-27(13-15-29-4-2)21-19(31-23)12-11-18(24)20(21)25/h7-12H,3-6,13-15H2,1-2H3. The molecule has 2 aromatic carbocycles. The van der Waals surface area contributed by atoms with Crippen molar-refractivity contribution in [2.24, 2.45) is 4.99 Å². The first-order valence-electron chi connectivity index (χ1n) is 10.4. The normalized spacial score (nSPS) is 11.9. The summed E-state index contributed by atoms with van der Waals surface area (Å²) < 4.78 is 14.0. The van der Waals surface area contributed by atoms with Crippen molar-refractivity contribution in [3.63, 3.8) is 0 Å². The third-order valence-corrected chi connectivity index (χ3v) is 6.55. The minimum Gasteiger partial charge on any atom is -0.494 e. The fraction of sp³-hybridized carbons (Fsp3) is 0.391. The van der Waals surface area contributed by atoms with Gasteiger partial charge in [0.05, 0.1) is 33.5 Å². The van der Waals surface area contributed by atoms with Crippen LogP contribution in [-0.2, 0) is 11.3 Å².